The van der Waals surface area contributed by atoms with Crippen LogP contribution in [0.2, 0.25) is 0 Å². The summed E-state index contributed by atoms with van der Waals surface area (Å²) in [7, 11) is 1.61. The molecule has 0 radical (unpaired) electrons. The molecule has 0 bridgehead atoms. The Kier molecular flexibility index (Phi) is 4.70. The molecule has 1 aliphatic carbocycles. The van der Waals surface area contributed by atoms with Crippen LogP contribution in [-0.2, 0) is 16.9 Å². The van der Waals surface area contributed by atoms with Gasteiger partial charge in [-0.25, -0.2) is 0 Å². The third kappa shape index (κ3) is 3.23. The van der Waals surface area contributed by atoms with Gasteiger partial charge in [-0.05, 0) is 18.9 Å². The second kappa shape index (κ2) is 7.15. The summed E-state index contributed by atoms with van der Waals surface area (Å²) < 4.78 is 16.4. The van der Waals surface area contributed by atoms with Crippen molar-refractivity contribution in [3.63, 3.8) is 0 Å². The Bertz CT molecular complexity index is 953. The summed E-state index contributed by atoms with van der Waals surface area (Å²) in [4.78, 5) is 17.6. The zero-order valence-electron chi connectivity index (χ0n) is 15.6. The van der Waals surface area contributed by atoms with Crippen molar-refractivity contribution < 1.29 is 18.5 Å². The smallest absolute Gasteiger partial charge is 0.288 e. The van der Waals surface area contributed by atoms with Crippen LogP contribution in [0.3, 0.4) is 0 Å². The molecule has 7 nitrogen and oxygen atoms in total. The van der Waals surface area contributed by atoms with Crippen LogP contribution in [-0.4, -0.2) is 23.2 Å². The van der Waals surface area contributed by atoms with E-state index in [1.54, 1.807) is 14.0 Å². The molecule has 1 N–H and O–H groups in total. The van der Waals surface area contributed by atoms with E-state index in [1.165, 1.54) is 0 Å². The molecule has 1 saturated carbocycles. The minimum Gasteiger partial charge on any atom is -0.451 e. The number of hydrogen-bond donors (Lipinski definition) is 1. The quantitative estimate of drug-likeness (QED) is 0.734. The summed E-state index contributed by atoms with van der Waals surface area (Å²) in [6.07, 6.45) is 4.68. The van der Waals surface area contributed by atoms with E-state index in [2.05, 4.69) is 15.5 Å². The van der Waals surface area contributed by atoms with Crippen molar-refractivity contribution in [1.29, 1.82) is 0 Å². The first-order chi connectivity index (χ1) is 13.1. The molecule has 1 fully saturated rings. The number of aromatic nitrogens is 2. The topological polar surface area (TPSA) is 90.4 Å². The number of rotatable bonds is 5. The van der Waals surface area contributed by atoms with Crippen LogP contribution in [0.4, 0.5) is 0 Å². The summed E-state index contributed by atoms with van der Waals surface area (Å²) in [6, 6.07) is 7.59. The van der Waals surface area contributed by atoms with Crippen molar-refractivity contribution in [2.24, 2.45) is 0 Å². The molecular formula is C20H23N3O4. The van der Waals surface area contributed by atoms with Crippen LogP contribution in [0.5, 0.6) is 0 Å². The Labute approximate surface area is 157 Å². The van der Waals surface area contributed by atoms with E-state index < -0.39 is 5.54 Å². The number of furan rings is 1. The molecule has 0 spiro atoms. The number of carbonyl (C=O) groups excluding carboxylic acids is 1. The lowest BCUT2D eigenvalue weighted by Gasteiger charge is -2.35. The first kappa shape index (κ1) is 17.7. The Balaban J connectivity index is 1.71. The molecule has 0 aliphatic heterocycles. The van der Waals surface area contributed by atoms with E-state index in [9.17, 15) is 4.79 Å². The Morgan fingerprint density at radius 1 is 1.26 bits per heavy atom. The van der Waals surface area contributed by atoms with Gasteiger partial charge in [0.1, 0.15) is 11.1 Å². The van der Waals surface area contributed by atoms with Crippen LogP contribution in [0, 0.1) is 6.92 Å². The number of carbonyl (C=O) groups is 1. The van der Waals surface area contributed by atoms with Crippen molar-refractivity contribution in [1.82, 2.24) is 15.5 Å². The molecule has 7 heteroatoms. The highest BCUT2D eigenvalue weighted by molar-refractivity contribution is 5.99. The average molecular weight is 369 g/mol. The monoisotopic (exact) mass is 369 g/mol. The van der Waals surface area contributed by atoms with Gasteiger partial charge >= 0.3 is 0 Å². The summed E-state index contributed by atoms with van der Waals surface area (Å²) in [5, 5.41) is 8.16. The molecule has 3 aromatic rings. The maximum absolute atomic E-state index is 13.2. The minimum absolute atomic E-state index is 0.275. The first-order valence-corrected chi connectivity index (χ1v) is 9.25. The highest BCUT2D eigenvalue weighted by atomic mass is 16.5. The molecule has 27 heavy (non-hydrogen) atoms. The fourth-order valence-electron chi connectivity index (χ4n) is 3.90. The zero-order valence-corrected chi connectivity index (χ0v) is 15.6. The van der Waals surface area contributed by atoms with Crippen molar-refractivity contribution in [3.05, 3.63) is 47.3 Å². The maximum Gasteiger partial charge on any atom is 0.288 e. The molecule has 2 heterocycles. The lowest BCUT2D eigenvalue weighted by atomic mass is 9.81. The fraction of sp³-hybridized carbons (Fsp3) is 0.450. The number of aryl methyl sites for hydroxylation is 1. The van der Waals surface area contributed by atoms with Gasteiger partial charge < -0.3 is 19.0 Å². The highest BCUT2D eigenvalue weighted by Gasteiger charge is 2.40. The van der Waals surface area contributed by atoms with E-state index in [1.807, 2.05) is 24.3 Å². The van der Waals surface area contributed by atoms with E-state index in [0.717, 1.165) is 43.1 Å². The third-order valence-corrected chi connectivity index (χ3v) is 5.21. The van der Waals surface area contributed by atoms with Gasteiger partial charge in [0, 0.05) is 25.0 Å². The SMILES string of the molecule is COCc1c(C(=O)NC2(c3noc(C)n3)CCCCC2)oc2ccccc12. The Morgan fingerprint density at radius 2 is 2.04 bits per heavy atom. The zero-order chi connectivity index (χ0) is 18.9. The number of nitrogens with one attached hydrogen (secondary N) is 1. The summed E-state index contributed by atoms with van der Waals surface area (Å²) >= 11 is 0. The minimum atomic E-state index is -0.629. The predicted octanol–water partition coefficient (Wildman–Crippen LogP) is 3.86. The third-order valence-electron chi connectivity index (χ3n) is 5.21. The van der Waals surface area contributed by atoms with Crippen molar-refractivity contribution in [2.75, 3.05) is 7.11 Å². The van der Waals surface area contributed by atoms with Gasteiger partial charge in [0.2, 0.25) is 5.89 Å². The molecular weight excluding hydrogens is 346 g/mol. The number of nitrogens with zero attached hydrogens (tertiary/aromatic N) is 2. The van der Waals surface area contributed by atoms with Gasteiger partial charge in [-0.3, -0.25) is 4.79 Å². The number of ether oxygens (including phenoxy) is 1. The molecule has 0 saturated heterocycles. The van der Waals surface area contributed by atoms with Crippen molar-refractivity contribution in [2.45, 2.75) is 51.2 Å². The van der Waals surface area contributed by atoms with Gasteiger partial charge in [0.25, 0.3) is 5.91 Å². The summed E-state index contributed by atoms with van der Waals surface area (Å²) in [6.45, 7) is 2.05. The molecule has 1 aliphatic rings. The molecule has 142 valence electrons. The number of fused-ring (bicyclic) bond motifs is 1. The molecule has 0 atom stereocenters. The predicted molar refractivity (Wildman–Crippen MR) is 98.2 cm³/mol. The molecule has 0 unspecified atom stereocenters. The summed E-state index contributed by atoms with van der Waals surface area (Å²) in [5.41, 5.74) is 0.791. The van der Waals surface area contributed by atoms with E-state index in [0.29, 0.717) is 23.9 Å². The molecule has 2 aromatic heterocycles. The van der Waals surface area contributed by atoms with Crippen molar-refractivity contribution >= 4 is 16.9 Å². The normalized spacial score (nSPS) is 16.5. The van der Waals surface area contributed by atoms with Gasteiger partial charge in [0.05, 0.1) is 6.61 Å². The number of para-hydroxylation sites is 1. The number of methoxy groups -OCH3 is 1. The first-order valence-electron chi connectivity index (χ1n) is 9.25. The Hall–Kier alpha value is -2.67. The van der Waals surface area contributed by atoms with Gasteiger partial charge in [-0.1, -0.05) is 42.6 Å². The van der Waals surface area contributed by atoms with E-state index in [4.69, 9.17) is 13.7 Å². The van der Waals surface area contributed by atoms with Crippen LogP contribution in [0.15, 0.2) is 33.2 Å². The van der Waals surface area contributed by atoms with Crippen LogP contribution < -0.4 is 5.32 Å². The molecule has 1 aromatic carbocycles. The molecule has 4 rings (SSSR count). The van der Waals surface area contributed by atoms with Crippen molar-refractivity contribution in [3.8, 4) is 0 Å². The van der Waals surface area contributed by atoms with Crippen LogP contribution in [0.25, 0.3) is 11.0 Å². The largest absolute Gasteiger partial charge is 0.451 e. The van der Waals surface area contributed by atoms with Gasteiger partial charge in [-0.15, -0.1) is 0 Å². The number of benzene rings is 1. The standard InChI is InChI=1S/C20H23N3O4/c1-13-21-19(23-27-13)20(10-6-3-7-11-20)22-18(24)17-15(12-25-2)14-8-4-5-9-16(14)26-17/h4-5,8-9H,3,6-7,10-12H2,1-2H3,(H,22,24). The van der Waals surface area contributed by atoms with E-state index >= 15 is 0 Å². The average Bonchev–Trinajstić information content (AvgIpc) is 3.28. The lowest BCUT2D eigenvalue weighted by molar-refractivity contribution is 0.0822. The van der Waals surface area contributed by atoms with Crippen LogP contribution >= 0.6 is 0 Å². The maximum atomic E-state index is 13.2. The van der Waals surface area contributed by atoms with Gasteiger partial charge in [-0.2, -0.15) is 4.98 Å². The molecule has 1 amide bonds. The second-order valence-electron chi connectivity index (χ2n) is 7.07. The number of amides is 1. The number of hydrogen-bond acceptors (Lipinski definition) is 6. The highest BCUT2D eigenvalue weighted by Crippen LogP contribution is 2.36. The van der Waals surface area contributed by atoms with Gasteiger partial charge in [0.15, 0.2) is 11.6 Å². The lowest BCUT2D eigenvalue weighted by Crippen LogP contribution is -2.48. The summed E-state index contributed by atoms with van der Waals surface area (Å²) in [5.74, 6) is 1.04. The van der Waals surface area contributed by atoms with Crippen LogP contribution in [0.1, 0.15) is 59.9 Å². The fourth-order valence-corrected chi connectivity index (χ4v) is 3.90. The Morgan fingerprint density at radius 3 is 2.74 bits per heavy atom. The second-order valence-corrected chi connectivity index (χ2v) is 7.07. The van der Waals surface area contributed by atoms with E-state index in [-0.39, 0.29) is 11.7 Å².